The van der Waals surface area contributed by atoms with Crippen LogP contribution in [0.1, 0.15) is 45.8 Å². The molecule has 6 rings (SSSR count). The summed E-state index contributed by atoms with van der Waals surface area (Å²) in [5, 5.41) is 17.5. The maximum absolute atomic E-state index is 13.2. The van der Waals surface area contributed by atoms with E-state index in [1.165, 1.54) is 11.3 Å². The Kier molecular flexibility index (Phi) is 6.37. The van der Waals surface area contributed by atoms with E-state index in [1.807, 2.05) is 42.8 Å². The van der Waals surface area contributed by atoms with Crippen molar-refractivity contribution < 1.29 is 19.4 Å². The van der Waals surface area contributed by atoms with Gasteiger partial charge in [0.25, 0.3) is 0 Å². The van der Waals surface area contributed by atoms with E-state index in [2.05, 4.69) is 15.3 Å². The number of rotatable bonds is 7. The molecule has 1 aromatic carbocycles. The molecule has 184 valence electrons. The van der Waals surface area contributed by atoms with Gasteiger partial charge in [-0.25, -0.2) is 4.79 Å². The number of amides is 1. The van der Waals surface area contributed by atoms with Crippen LogP contribution in [0.3, 0.4) is 0 Å². The Morgan fingerprint density at radius 1 is 1.20 bits per heavy atom. The van der Waals surface area contributed by atoms with Gasteiger partial charge >= 0.3 is 5.97 Å². The molecule has 1 atom stereocenters. The summed E-state index contributed by atoms with van der Waals surface area (Å²) >= 11 is 1.19. The molecule has 3 aliphatic heterocycles. The van der Waals surface area contributed by atoms with Gasteiger partial charge in [0, 0.05) is 16.1 Å². The first-order chi connectivity index (χ1) is 16.9. The van der Waals surface area contributed by atoms with Crippen LogP contribution >= 0.6 is 11.3 Å². The van der Waals surface area contributed by atoms with Crippen LogP contribution in [0.4, 0.5) is 5.69 Å². The highest BCUT2D eigenvalue weighted by molar-refractivity contribution is 7.18. The van der Waals surface area contributed by atoms with Gasteiger partial charge in [-0.15, -0.1) is 11.3 Å². The number of carboxylic acid groups (broad SMARTS) is 1. The van der Waals surface area contributed by atoms with Gasteiger partial charge < -0.3 is 15.2 Å². The van der Waals surface area contributed by atoms with E-state index in [1.54, 1.807) is 13.3 Å². The van der Waals surface area contributed by atoms with E-state index in [9.17, 15) is 14.7 Å². The number of aromatic nitrogens is 2. The second kappa shape index (κ2) is 9.47. The minimum atomic E-state index is -1.03. The van der Waals surface area contributed by atoms with Crippen LogP contribution in [0.2, 0.25) is 0 Å². The highest BCUT2D eigenvalue weighted by Crippen LogP contribution is 2.42. The summed E-state index contributed by atoms with van der Waals surface area (Å²) in [5.74, 6) is 0.257. The quantitative estimate of drug-likeness (QED) is 0.505. The highest BCUT2D eigenvalue weighted by Gasteiger charge is 2.38. The zero-order valence-electron chi connectivity index (χ0n) is 20.2. The number of ether oxygens (including phenoxy) is 1. The number of thiophene rings is 1. The van der Waals surface area contributed by atoms with Crippen LogP contribution in [-0.4, -0.2) is 57.9 Å². The molecule has 8 nitrogen and oxygen atoms in total. The van der Waals surface area contributed by atoms with Crippen molar-refractivity contribution >= 4 is 28.9 Å². The monoisotopic (exact) mass is 494 g/mol. The molecule has 0 radical (unpaired) electrons. The van der Waals surface area contributed by atoms with Crippen molar-refractivity contribution in [2.75, 3.05) is 25.5 Å². The van der Waals surface area contributed by atoms with Crippen LogP contribution in [-0.2, 0) is 11.3 Å². The van der Waals surface area contributed by atoms with Crippen LogP contribution < -0.4 is 10.1 Å². The van der Waals surface area contributed by atoms with Crippen LogP contribution in [0.15, 0.2) is 30.5 Å². The standard InChI is InChI=1S/C26H30N4O4S/c1-15-22(28-25(31)21-12-17-8-10-29(21)11-9-17)24(26(32)33)35-23(15)20-13-27-30(16(20)2)14-18-4-6-19(34-3)7-5-18/h4-7,13,17,21H,8-12,14H2,1-3H3,(H,28,31)(H,32,33). The summed E-state index contributed by atoms with van der Waals surface area (Å²) in [5.41, 5.74) is 4.08. The molecule has 2 aromatic heterocycles. The Morgan fingerprint density at radius 3 is 2.51 bits per heavy atom. The fourth-order valence-electron chi connectivity index (χ4n) is 5.25. The molecule has 3 aromatic rings. The van der Waals surface area contributed by atoms with Gasteiger partial charge in [0.2, 0.25) is 5.91 Å². The lowest BCUT2D eigenvalue weighted by molar-refractivity contribution is -0.125. The number of benzene rings is 1. The Labute approximate surface area is 208 Å². The molecule has 0 spiro atoms. The van der Waals surface area contributed by atoms with Crippen LogP contribution in [0.25, 0.3) is 10.4 Å². The van der Waals surface area contributed by atoms with E-state index in [0.717, 1.165) is 65.4 Å². The summed E-state index contributed by atoms with van der Waals surface area (Å²) in [6, 6.07) is 7.66. The van der Waals surface area contributed by atoms with Crippen LogP contribution in [0.5, 0.6) is 5.75 Å². The lowest BCUT2D eigenvalue weighted by Gasteiger charge is -2.44. The number of fused-ring (bicyclic) bond motifs is 3. The lowest BCUT2D eigenvalue weighted by Crippen LogP contribution is -2.53. The molecule has 0 aliphatic carbocycles. The summed E-state index contributed by atoms with van der Waals surface area (Å²) in [6.07, 6.45) is 4.92. The molecule has 35 heavy (non-hydrogen) atoms. The zero-order chi connectivity index (χ0) is 24.7. The van der Waals surface area contributed by atoms with E-state index in [-0.39, 0.29) is 16.8 Å². The maximum Gasteiger partial charge on any atom is 0.348 e. The second-order valence-electron chi connectivity index (χ2n) is 9.43. The molecule has 3 aliphatic rings. The van der Waals surface area contributed by atoms with E-state index >= 15 is 0 Å². The number of piperidine rings is 3. The molecule has 2 N–H and O–H groups in total. The Bertz CT molecular complexity index is 1260. The number of nitrogens with one attached hydrogen (secondary N) is 1. The molecule has 1 unspecified atom stereocenters. The third kappa shape index (κ3) is 4.46. The van der Waals surface area contributed by atoms with E-state index in [4.69, 9.17) is 4.74 Å². The largest absolute Gasteiger partial charge is 0.497 e. The predicted octanol–water partition coefficient (Wildman–Crippen LogP) is 4.41. The highest BCUT2D eigenvalue weighted by atomic mass is 32.1. The second-order valence-corrected chi connectivity index (χ2v) is 10.5. The van der Waals surface area contributed by atoms with Crippen molar-refractivity contribution in [1.29, 1.82) is 0 Å². The summed E-state index contributed by atoms with van der Waals surface area (Å²) in [7, 11) is 1.64. The number of carbonyl (C=O) groups excluding carboxylic acids is 1. The average Bonchev–Trinajstić information content (AvgIpc) is 3.39. The van der Waals surface area contributed by atoms with Gasteiger partial charge in [-0.3, -0.25) is 14.4 Å². The minimum Gasteiger partial charge on any atom is -0.497 e. The summed E-state index contributed by atoms with van der Waals surface area (Å²) < 4.78 is 7.13. The van der Waals surface area contributed by atoms with Gasteiger partial charge in [0.05, 0.1) is 31.6 Å². The molecule has 3 fully saturated rings. The van der Waals surface area contributed by atoms with Crippen molar-refractivity contribution in [3.63, 3.8) is 0 Å². The Balaban J connectivity index is 1.41. The minimum absolute atomic E-state index is 0.101. The molecular weight excluding hydrogens is 464 g/mol. The number of carbonyl (C=O) groups is 2. The molecule has 3 saturated heterocycles. The number of hydrogen-bond acceptors (Lipinski definition) is 6. The summed E-state index contributed by atoms with van der Waals surface area (Å²) in [4.78, 5) is 28.5. The molecule has 5 heterocycles. The predicted molar refractivity (Wildman–Crippen MR) is 135 cm³/mol. The summed E-state index contributed by atoms with van der Waals surface area (Å²) in [6.45, 7) is 6.33. The molecular formula is C26H30N4O4S. The SMILES string of the molecule is COc1ccc(Cn2ncc(-c3sc(C(=O)O)c(NC(=O)C4CC5CCN4CC5)c3C)c2C)cc1. The lowest BCUT2D eigenvalue weighted by atomic mass is 9.83. The third-order valence-electron chi connectivity index (χ3n) is 7.38. The Morgan fingerprint density at radius 2 is 1.91 bits per heavy atom. The zero-order valence-corrected chi connectivity index (χ0v) is 21.0. The average molecular weight is 495 g/mol. The first-order valence-electron chi connectivity index (χ1n) is 11.9. The third-order valence-corrected chi connectivity index (χ3v) is 8.69. The molecule has 0 saturated carbocycles. The number of nitrogens with zero attached hydrogens (tertiary/aromatic N) is 3. The van der Waals surface area contributed by atoms with Crippen molar-refractivity contribution in [3.8, 4) is 16.2 Å². The van der Waals surface area contributed by atoms with E-state index in [0.29, 0.717) is 18.2 Å². The van der Waals surface area contributed by atoms with Crippen molar-refractivity contribution in [3.05, 3.63) is 52.2 Å². The van der Waals surface area contributed by atoms with E-state index < -0.39 is 5.97 Å². The Hall–Kier alpha value is -3.17. The van der Waals surface area contributed by atoms with Crippen molar-refractivity contribution in [1.82, 2.24) is 14.7 Å². The number of carboxylic acids is 1. The maximum atomic E-state index is 13.2. The molecule has 1 amide bonds. The fraction of sp³-hybridized carbons (Fsp3) is 0.423. The van der Waals surface area contributed by atoms with Gasteiger partial charge in [-0.1, -0.05) is 12.1 Å². The van der Waals surface area contributed by atoms with Gasteiger partial charge in [-0.05, 0) is 75.4 Å². The van der Waals surface area contributed by atoms with Gasteiger partial charge in [-0.2, -0.15) is 5.10 Å². The molecule has 2 bridgehead atoms. The van der Waals surface area contributed by atoms with Crippen LogP contribution in [0, 0.1) is 19.8 Å². The normalized spacial score (nSPS) is 21.2. The number of anilines is 1. The number of aromatic carboxylic acids is 1. The molecule has 9 heteroatoms. The van der Waals surface area contributed by atoms with Crippen molar-refractivity contribution in [2.45, 2.75) is 45.7 Å². The first kappa shape index (κ1) is 23.6. The topological polar surface area (TPSA) is 96.7 Å². The van der Waals surface area contributed by atoms with Gasteiger partial charge in [0.1, 0.15) is 10.6 Å². The smallest absolute Gasteiger partial charge is 0.348 e. The number of hydrogen-bond donors (Lipinski definition) is 2. The fourth-order valence-corrected chi connectivity index (χ4v) is 6.41. The van der Waals surface area contributed by atoms with Gasteiger partial charge in [0.15, 0.2) is 0 Å². The number of methoxy groups -OCH3 is 1. The van der Waals surface area contributed by atoms with Crippen molar-refractivity contribution in [2.24, 2.45) is 5.92 Å². The first-order valence-corrected chi connectivity index (χ1v) is 12.7.